The third-order valence-corrected chi connectivity index (χ3v) is 11.0. The van der Waals surface area contributed by atoms with Crippen LogP contribution in [-0.4, -0.2) is 72.1 Å². The van der Waals surface area contributed by atoms with Crippen LogP contribution >= 0.6 is 22.9 Å². The van der Waals surface area contributed by atoms with Gasteiger partial charge in [-0.05, 0) is 43.5 Å². The summed E-state index contributed by atoms with van der Waals surface area (Å²) in [4.78, 5) is 13.6. The largest absolute Gasteiger partial charge is 0.461 e. The maximum Gasteiger partial charge on any atom is 0.319 e. The Kier molecular flexibility index (Phi) is 6.61. The van der Waals surface area contributed by atoms with Crippen molar-refractivity contribution in [3.05, 3.63) is 40.4 Å². The highest BCUT2D eigenvalue weighted by Gasteiger charge is 2.50. The highest BCUT2D eigenvalue weighted by atomic mass is 35.5. The normalized spacial score (nSPS) is 26.5. The summed E-state index contributed by atoms with van der Waals surface area (Å²) in [6.07, 6.45) is 2.14. The van der Waals surface area contributed by atoms with Crippen LogP contribution in [0, 0.1) is 28.9 Å². The van der Waals surface area contributed by atoms with Gasteiger partial charge in [-0.2, -0.15) is 15.2 Å². The zero-order valence-corrected chi connectivity index (χ0v) is 25.2. The summed E-state index contributed by atoms with van der Waals surface area (Å²) in [7, 11) is 0. The van der Waals surface area contributed by atoms with Gasteiger partial charge in [0.2, 0.25) is 0 Å². The van der Waals surface area contributed by atoms with Crippen molar-refractivity contribution in [1.82, 2.24) is 14.9 Å². The zero-order valence-electron chi connectivity index (χ0n) is 23.6. The molecule has 1 saturated carbocycles. The van der Waals surface area contributed by atoms with Crippen LogP contribution in [0.3, 0.4) is 0 Å². The Hall–Kier alpha value is -3.37. The molecule has 0 amide bonds. The first kappa shape index (κ1) is 28.1. The van der Waals surface area contributed by atoms with Crippen LogP contribution in [-0.2, 0) is 4.74 Å². The molecule has 3 aliphatic heterocycles. The molecule has 0 radical (unpaired) electrons. The van der Waals surface area contributed by atoms with Gasteiger partial charge >= 0.3 is 6.01 Å². The van der Waals surface area contributed by atoms with Crippen LogP contribution in [0.15, 0.2) is 18.2 Å². The molecule has 4 aromatic rings. The number of nitriles is 1. The number of hydrogen-bond acceptors (Lipinski definition) is 9. The van der Waals surface area contributed by atoms with E-state index in [4.69, 9.17) is 31.8 Å². The summed E-state index contributed by atoms with van der Waals surface area (Å²) in [6.45, 7) is 3.07. The minimum atomic E-state index is -0.921. The van der Waals surface area contributed by atoms with E-state index in [2.05, 4.69) is 14.8 Å². The molecule has 2 aromatic heterocycles. The van der Waals surface area contributed by atoms with E-state index >= 15 is 4.39 Å². The first-order valence-corrected chi connectivity index (χ1v) is 15.9. The van der Waals surface area contributed by atoms with Gasteiger partial charge in [0.25, 0.3) is 0 Å². The fourth-order valence-corrected chi connectivity index (χ4v) is 8.71. The summed E-state index contributed by atoms with van der Waals surface area (Å²) in [5, 5.41) is 10.6. The monoisotopic (exact) mass is 640 g/mol. The smallest absolute Gasteiger partial charge is 0.319 e. The van der Waals surface area contributed by atoms with Crippen molar-refractivity contribution in [2.75, 3.05) is 50.1 Å². The maximum atomic E-state index is 16.9. The average Bonchev–Trinajstić information content (AvgIpc) is 3.45. The van der Waals surface area contributed by atoms with Crippen molar-refractivity contribution < 1.29 is 22.6 Å². The number of hydrogen-bond donors (Lipinski definition) is 1. The van der Waals surface area contributed by atoms with Crippen LogP contribution in [0.5, 0.6) is 6.01 Å². The molecule has 4 aliphatic rings. The van der Waals surface area contributed by atoms with Gasteiger partial charge < -0.3 is 20.1 Å². The minimum Gasteiger partial charge on any atom is -0.461 e. The Morgan fingerprint density at radius 3 is 2.98 bits per heavy atom. The SMILES string of the molecule is N#Cc1c(N)sc2c(F)ccc(-c3c(Cl)cc4c(N5CCOCC6CC65)nc(OC[C@@]56CCCN5C[C@H](F)C6)nc4c3F)c12. The van der Waals surface area contributed by atoms with Gasteiger partial charge in [0.15, 0.2) is 5.82 Å². The quantitative estimate of drug-likeness (QED) is 0.280. The van der Waals surface area contributed by atoms with E-state index in [1.807, 2.05) is 6.07 Å². The number of alkyl halides is 1. The second-order valence-electron chi connectivity index (χ2n) is 12.2. The lowest BCUT2D eigenvalue weighted by Crippen LogP contribution is -2.43. The van der Waals surface area contributed by atoms with E-state index < -0.39 is 23.3 Å². The molecule has 8 rings (SSSR count). The molecular weight excluding hydrogens is 613 g/mol. The number of nitrogens with two attached hydrogens (primary N) is 1. The molecular formula is C31H28ClF3N6O2S. The van der Waals surface area contributed by atoms with E-state index in [9.17, 15) is 14.0 Å². The number of ether oxygens (including phenoxy) is 2. The van der Waals surface area contributed by atoms with Crippen molar-refractivity contribution in [3.63, 3.8) is 0 Å². The third-order valence-electron chi connectivity index (χ3n) is 9.64. The van der Waals surface area contributed by atoms with Crippen molar-refractivity contribution in [3.8, 4) is 23.2 Å². The number of aromatic nitrogens is 2. The van der Waals surface area contributed by atoms with E-state index in [-0.39, 0.29) is 61.0 Å². The standard InChI is InChI=1S/C31H28ClF3N6O2S/c32-20-9-18-26(25(35)24(20)17-2-3-21(34)27-23(17)19(11-36)28(37)44-27)38-30(39-29(18)41-6-7-42-13-15-8-22(15)41)43-14-31-4-1-5-40(31)12-16(33)10-31/h2-3,9,15-16,22H,1,4-8,10,12-14,37H2/t15?,16-,22?,31+/m1/s1. The topological polar surface area (TPSA) is 101 Å². The first-order valence-electron chi connectivity index (χ1n) is 14.7. The van der Waals surface area contributed by atoms with E-state index in [1.165, 1.54) is 12.1 Å². The maximum absolute atomic E-state index is 16.9. The molecule has 3 saturated heterocycles. The molecule has 2 aromatic carbocycles. The summed E-state index contributed by atoms with van der Waals surface area (Å²) in [5.74, 6) is -0.470. The zero-order chi connectivity index (χ0) is 30.3. The fourth-order valence-electron chi connectivity index (χ4n) is 7.47. The molecule has 44 heavy (non-hydrogen) atoms. The van der Waals surface area contributed by atoms with Gasteiger partial charge in [0.05, 0.1) is 34.0 Å². The first-order chi connectivity index (χ1) is 21.3. The number of rotatable bonds is 5. The Morgan fingerprint density at radius 2 is 2.14 bits per heavy atom. The van der Waals surface area contributed by atoms with Crippen LogP contribution in [0.1, 0.15) is 31.2 Å². The van der Waals surface area contributed by atoms with Crippen molar-refractivity contribution >= 4 is 54.7 Å². The third kappa shape index (κ3) is 4.31. The predicted molar refractivity (Wildman–Crippen MR) is 163 cm³/mol. The van der Waals surface area contributed by atoms with Gasteiger partial charge in [0.1, 0.15) is 41.0 Å². The van der Waals surface area contributed by atoms with Gasteiger partial charge in [-0.15, -0.1) is 11.3 Å². The minimum absolute atomic E-state index is 0.00712. The summed E-state index contributed by atoms with van der Waals surface area (Å²) >= 11 is 7.75. The molecule has 8 nitrogen and oxygen atoms in total. The van der Waals surface area contributed by atoms with Gasteiger partial charge in [0, 0.05) is 47.8 Å². The van der Waals surface area contributed by atoms with Crippen LogP contribution in [0.2, 0.25) is 5.02 Å². The molecule has 2 N–H and O–H groups in total. The number of nitrogen functional groups attached to an aromatic ring is 1. The summed E-state index contributed by atoms with van der Waals surface area (Å²) < 4.78 is 58.3. The van der Waals surface area contributed by atoms with E-state index in [0.29, 0.717) is 49.8 Å². The van der Waals surface area contributed by atoms with Crippen molar-refractivity contribution in [2.24, 2.45) is 5.92 Å². The van der Waals surface area contributed by atoms with Crippen LogP contribution in [0.4, 0.5) is 24.0 Å². The molecule has 2 unspecified atom stereocenters. The highest BCUT2D eigenvalue weighted by molar-refractivity contribution is 7.23. The molecule has 1 aliphatic carbocycles. The van der Waals surface area contributed by atoms with Gasteiger partial charge in [-0.1, -0.05) is 17.7 Å². The Morgan fingerprint density at radius 1 is 1.27 bits per heavy atom. The molecule has 228 valence electrons. The predicted octanol–water partition coefficient (Wildman–Crippen LogP) is 6.08. The van der Waals surface area contributed by atoms with Crippen molar-refractivity contribution in [1.29, 1.82) is 5.26 Å². The molecule has 0 spiro atoms. The lowest BCUT2D eigenvalue weighted by atomic mass is 9.95. The molecule has 4 atom stereocenters. The fraction of sp³-hybridized carbons (Fsp3) is 0.452. The van der Waals surface area contributed by atoms with E-state index in [0.717, 1.165) is 37.1 Å². The number of thiophene rings is 1. The van der Waals surface area contributed by atoms with Crippen LogP contribution < -0.4 is 15.4 Å². The summed E-state index contributed by atoms with van der Waals surface area (Å²) in [5.41, 5.74) is 5.89. The molecule has 0 bridgehead atoms. The second-order valence-corrected chi connectivity index (χ2v) is 13.7. The number of halogens is 4. The van der Waals surface area contributed by atoms with Gasteiger partial charge in [-0.25, -0.2) is 13.2 Å². The molecule has 13 heteroatoms. The van der Waals surface area contributed by atoms with Crippen LogP contribution in [0.25, 0.3) is 32.1 Å². The summed E-state index contributed by atoms with van der Waals surface area (Å²) in [6, 6.07) is 6.44. The Balaban J connectivity index is 1.30. The van der Waals surface area contributed by atoms with Crippen molar-refractivity contribution in [2.45, 2.75) is 43.4 Å². The Labute approximate surface area is 260 Å². The Bertz CT molecular complexity index is 1880. The lowest BCUT2D eigenvalue weighted by molar-refractivity contribution is 0.107. The van der Waals surface area contributed by atoms with E-state index in [1.54, 1.807) is 6.07 Å². The lowest BCUT2D eigenvalue weighted by Gasteiger charge is -2.31. The number of fused-ring (bicyclic) bond motifs is 4. The molecule has 4 fully saturated rings. The average molecular weight is 641 g/mol. The number of nitrogens with zero attached hydrogens (tertiary/aromatic N) is 5. The van der Waals surface area contributed by atoms with Gasteiger partial charge in [-0.3, -0.25) is 4.90 Å². The second kappa shape index (κ2) is 10.3. The molecule has 5 heterocycles. The highest BCUT2D eigenvalue weighted by Crippen LogP contribution is 2.47. The number of benzene rings is 2. The number of anilines is 2.